The van der Waals surface area contributed by atoms with Gasteiger partial charge in [0.25, 0.3) is 0 Å². The fraction of sp³-hybridized carbons (Fsp3) is 0.440. The summed E-state index contributed by atoms with van der Waals surface area (Å²) in [5, 5.41) is 8.53. The first-order chi connectivity index (χ1) is 15.9. The second kappa shape index (κ2) is 10.2. The standard InChI is InChI=1S/C25H30F2N4O2/c1-2-16-7-9-31(10-8-16)24-21(26)12-20(13-22(24)27)30-19-5-3-17(4-6-19)14-29-25(33)18-11-23(32)28-15-18/h3-6,12-13,16,18,30H,2,7-11,14-15H2,1H3,(H,28,32)(H,29,33). The number of nitrogens with zero attached hydrogens (tertiary/aromatic N) is 1. The van der Waals surface area contributed by atoms with Gasteiger partial charge < -0.3 is 20.9 Å². The highest BCUT2D eigenvalue weighted by atomic mass is 19.1. The summed E-state index contributed by atoms with van der Waals surface area (Å²) in [6, 6.07) is 9.91. The van der Waals surface area contributed by atoms with E-state index >= 15 is 0 Å². The molecule has 2 heterocycles. The Morgan fingerprint density at radius 1 is 1.09 bits per heavy atom. The zero-order valence-electron chi connectivity index (χ0n) is 18.8. The van der Waals surface area contributed by atoms with Gasteiger partial charge in [0.2, 0.25) is 11.8 Å². The number of anilines is 3. The van der Waals surface area contributed by atoms with Gasteiger partial charge in [0.05, 0.1) is 5.92 Å². The lowest BCUT2D eigenvalue weighted by Gasteiger charge is -2.33. The molecule has 0 bridgehead atoms. The van der Waals surface area contributed by atoms with Gasteiger partial charge in [-0.1, -0.05) is 25.5 Å². The molecule has 2 aromatic rings. The van der Waals surface area contributed by atoms with Crippen molar-refractivity contribution in [2.75, 3.05) is 29.9 Å². The Labute approximate surface area is 192 Å². The zero-order valence-corrected chi connectivity index (χ0v) is 18.8. The van der Waals surface area contributed by atoms with Gasteiger partial charge in [-0.2, -0.15) is 0 Å². The van der Waals surface area contributed by atoms with E-state index in [2.05, 4.69) is 22.9 Å². The molecule has 33 heavy (non-hydrogen) atoms. The molecular weight excluding hydrogens is 426 g/mol. The number of halogens is 2. The summed E-state index contributed by atoms with van der Waals surface area (Å²) >= 11 is 0. The van der Waals surface area contributed by atoms with Crippen molar-refractivity contribution in [2.24, 2.45) is 11.8 Å². The van der Waals surface area contributed by atoms with Crippen molar-refractivity contribution in [1.29, 1.82) is 0 Å². The van der Waals surface area contributed by atoms with Crippen LogP contribution in [-0.4, -0.2) is 31.4 Å². The molecule has 0 saturated carbocycles. The first-order valence-corrected chi connectivity index (χ1v) is 11.6. The number of hydrogen-bond donors (Lipinski definition) is 3. The number of amides is 2. The monoisotopic (exact) mass is 456 g/mol. The Morgan fingerprint density at radius 3 is 2.33 bits per heavy atom. The topological polar surface area (TPSA) is 73.5 Å². The molecule has 0 aliphatic carbocycles. The van der Waals surface area contributed by atoms with Crippen LogP contribution in [0.15, 0.2) is 36.4 Å². The van der Waals surface area contributed by atoms with Crippen molar-refractivity contribution in [3.05, 3.63) is 53.6 Å². The molecule has 2 saturated heterocycles. The van der Waals surface area contributed by atoms with Crippen LogP contribution in [0.3, 0.4) is 0 Å². The number of carbonyl (C=O) groups is 2. The van der Waals surface area contributed by atoms with E-state index in [9.17, 15) is 18.4 Å². The van der Waals surface area contributed by atoms with Crippen LogP contribution in [0.4, 0.5) is 25.8 Å². The maximum atomic E-state index is 14.8. The minimum Gasteiger partial charge on any atom is -0.367 e. The van der Waals surface area contributed by atoms with Crippen molar-refractivity contribution in [3.8, 4) is 0 Å². The number of rotatable bonds is 7. The maximum absolute atomic E-state index is 14.8. The van der Waals surface area contributed by atoms with Crippen molar-refractivity contribution >= 4 is 28.9 Å². The molecular formula is C25H30F2N4O2. The van der Waals surface area contributed by atoms with E-state index in [4.69, 9.17) is 0 Å². The summed E-state index contributed by atoms with van der Waals surface area (Å²) < 4.78 is 29.6. The Kier molecular flexibility index (Phi) is 7.11. The minimum absolute atomic E-state index is 0.0559. The smallest absolute Gasteiger partial charge is 0.225 e. The Balaban J connectivity index is 1.34. The van der Waals surface area contributed by atoms with E-state index in [1.54, 1.807) is 17.0 Å². The molecule has 1 unspecified atom stereocenters. The first kappa shape index (κ1) is 23.0. The summed E-state index contributed by atoms with van der Waals surface area (Å²) in [4.78, 5) is 25.2. The fourth-order valence-electron chi connectivity index (χ4n) is 4.50. The van der Waals surface area contributed by atoms with E-state index in [0.29, 0.717) is 43.5 Å². The van der Waals surface area contributed by atoms with Gasteiger partial charge in [-0.15, -0.1) is 0 Å². The van der Waals surface area contributed by atoms with E-state index in [-0.39, 0.29) is 29.8 Å². The second-order valence-corrected chi connectivity index (χ2v) is 8.87. The first-order valence-electron chi connectivity index (χ1n) is 11.6. The SMILES string of the molecule is CCC1CCN(c2c(F)cc(Nc3ccc(CNC(=O)C4CNC(=O)C4)cc3)cc2F)CC1. The number of benzene rings is 2. The van der Waals surface area contributed by atoms with E-state index in [1.165, 1.54) is 12.1 Å². The number of nitrogens with one attached hydrogen (secondary N) is 3. The molecule has 2 amide bonds. The van der Waals surface area contributed by atoms with Gasteiger partial charge in [-0.05, 0) is 48.6 Å². The third-order valence-corrected chi connectivity index (χ3v) is 6.58. The van der Waals surface area contributed by atoms with Crippen molar-refractivity contribution in [2.45, 2.75) is 39.2 Å². The molecule has 0 aromatic heterocycles. The molecule has 2 fully saturated rings. The summed E-state index contributed by atoms with van der Waals surface area (Å²) in [5.41, 5.74) is 1.97. The van der Waals surface area contributed by atoms with Gasteiger partial charge >= 0.3 is 0 Å². The van der Waals surface area contributed by atoms with Crippen LogP contribution in [0.5, 0.6) is 0 Å². The van der Waals surface area contributed by atoms with E-state index in [1.807, 2.05) is 12.1 Å². The number of hydrogen-bond acceptors (Lipinski definition) is 4. The summed E-state index contributed by atoms with van der Waals surface area (Å²) in [6.45, 7) is 4.21. The van der Waals surface area contributed by atoms with Crippen LogP contribution in [0.2, 0.25) is 0 Å². The van der Waals surface area contributed by atoms with Crippen LogP contribution >= 0.6 is 0 Å². The van der Waals surface area contributed by atoms with Crippen molar-refractivity contribution < 1.29 is 18.4 Å². The second-order valence-electron chi connectivity index (χ2n) is 8.87. The predicted molar refractivity (Wildman–Crippen MR) is 124 cm³/mol. The largest absolute Gasteiger partial charge is 0.367 e. The quantitative estimate of drug-likeness (QED) is 0.587. The lowest BCUT2D eigenvalue weighted by molar-refractivity contribution is -0.126. The summed E-state index contributed by atoms with van der Waals surface area (Å²) in [5.74, 6) is -1.08. The van der Waals surface area contributed by atoms with Crippen molar-refractivity contribution in [3.63, 3.8) is 0 Å². The maximum Gasteiger partial charge on any atom is 0.225 e. The lowest BCUT2D eigenvalue weighted by atomic mass is 9.94. The van der Waals surface area contributed by atoms with Gasteiger partial charge in [-0.25, -0.2) is 8.78 Å². The predicted octanol–water partition coefficient (Wildman–Crippen LogP) is 4.09. The summed E-state index contributed by atoms with van der Waals surface area (Å²) in [6.07, 6.45) is 3.24. The van der Waals surface area contributed by atoms with Gasteiger partial charge in [0, 0.05) is 44.0 Å². The number of piperidine rings is 1. The van der Waals surface area contributed by atoms with E-state index in [0.717, 1.165) is 24.8 Å². The number of carbonyl (C=O) groups excluding carboxylic acids is 2. The Hall–Kier alpha value is -3.16. The Bertz CT molecular complexity index is 981. The third kappa shape index (κ3) is 5.61. The van der Waals surface area contributed by atoms with Crippen LogP contribution in [-0.2, 0) is 16.1 Å². The third-order valence-electron chi connectivity index (χ3n) is 6.58. The molecule has 1 atom stereocenters. The molecule has 4 rings (SSSR count). The molecule has 2 aliphatic heterocycles. The van der Waals surface area contributed by atoms with Crippen LogP contribution in [0.25, 0.3) is 0 Å². The highest BCUT2D eigenvalue weighted by Gasteiger charge is 2.27. The average molecular weight is 457 g/mol. The molecule has 0 radical (unpaired) electrons. The van der Waals surface area contributed by atoms with Crippen LogP contribution in [0, 0.1) is 23.5 Å². The molecule has 2 aliphatic rings. The van der Waals surface area contributed by atoms with Crippen LogP contribution < -0.4 is 20.9 Å². The molecule has 176 valence electrons. The lowest BCUT2D eigenvalue weighted by Crippen LogP contribution is -2.34. The molecule has 0 spiro atoms. The normalized spacial score (nSPS) is 18.8. The Morgan fingerprint density at radius 2 is 1.76 bits per heavy atom. The molecule has 8 heteroatoms. The van der Waals surface area contributed by atoms with E-state index < -0.39 is 11.6 Å². The van der Waals surface area contributed by atoms with Gasteiger partial charge in [0.1, 0.15) is 5.69 Å². The molecule has 2 aromatic carbocycles. The molecule has 6 nitrogen and oxygen atoms in total. The zero-order chi connectivity index (χ0) is 23.4. The van der Waals surface area contributed by atoms with Gasteiger partial charge in [0.15, 0.2) is 11.6 Å². The molecule has 3 N–H and O–H groups in total. The average Bonchev–Trinajstić information content (AvgIpc) is 3.25. The summed E-state index contributed by atoms with van der Waals surface area (Å²) in [7, 11) is 0. The van der Waals surface area contributed by atoms with Gasteiger partial charge in [-0.3, -0.25) is 9.59 Å². The highest BCUT2D eigenvalue weighted by molar-refractivity contribution is 5.89. The van der Waals surface area contributed by atoms with Crippen LogP contribution in [0.1, 0.15) is 38.2 Å². The van der Waals surface area contributed by atoms with Crippen molar-refractivity contribution in [1.82, 2.24) is 10.6 Å². The minimum atomic E-state index is -0.563. The fourth-order valence-corrected chi connectivity index (χ4v) is 4.50. The highest BCUT2D eigenvalue weighted by Crippen LogP contribution is 2.32.